The zero-order valence-corrected chi connectivity index (χ0v) is 18.6. The van der Waals surface area contributed by atoms with Crippen LogP contribution in [0.2, 0.25) is 0 Å². The lowest BCUT2D eigenvalue weighted by Crippen LogP contribution is -2.54. The number of anilines is 1. The minimum absolute atomic E-state index is 0.0512. The maximum atomic E-state index is 13.4. The third-order valence-corrected chi connectivity index (χ3v) is 6.98. The minimum Gasteiger partial charge on any atom is -0.481 e. The summed E-state index contributed by atoms with van der Waals surface area (Å²) in [6.45, 7) is -1.15. The van der Waals surface area contributed by atoms with E-state index >= 15 is 0 Å². The zero-order chi connectivity index (χ0) is 24.0. The molecule has 33 heavy (non-hydrogen) atoms. The smallest absolute Gasteiger partial charge is 0.406 e. The number of pyridine rings is 2. The molecule has 2 N–H and O–H groups in total. The van der Waals surface area contributed by atoms with Gasteiger partial charge in [-0.25, -0.2) is 14.9 Å². The van der Waals surface area contributed by atoms with Gasteiger partial charge in [0.25, 0.3) is 10.2 Å². The van der Waals surface area contributed by atoms with Gasteiger partial charge in [-0.05, 0) is 25.3 Å². The molecule has 1 fully saturated rings. The predicted molar refractivity (Wildman–Crippen MR) is 113 cm³/mol. The second-order valence-corrected chi connectivity index (χ2v) is 9.53. The molecule has 1 atom stereocenters. The molecule has 2 amide bonds. The van der Waals surface area contributed by atoms with Crippen LogP contribution in [0.25, 0.3) is 11.0 Å². The average molecular weight is 488 g/mol. The number of hydrogen-bond donors (Lipinski definition) is 1. The van der Waals surface area contributed by atoms with Gasteiger partial charge in [0.2, 0.25) is 5.88 Å². The van der Waals surface area contributed by atoms with Crippen molar-refractivity contribution in [1.29, 1.82) is 0 Å². The SMILES string of the molecule is COc1ccc2c3c(cnc2n1)N(CC(F)(F)F)C(=O)N(C1CCCN(S(N)(=O)=O)CC1)C3. The van der Waals surface area contributed by atoms with Crippen LogP contribution >= 0.6 is 0 Å². The monoisotopic (exact) mass is 488 g/mol. The van der Waals surface area contributed by atoms with E-state index < -0.39 is 35.0 Å². The third-order valence-electron chi connectivity index (χ3n) is 5.89. The van der Waals surface area contributed by atoms with Crippen molar-refractivity contribution in [3.8, 4) is 5.88 Å². The van der Waals surface area contributed by atoms with Crippen molar-refractivity contribution in [2.45, 2.75) is 38.0 Å². The van der Waals surface area contributed by atoms with E-state index in [2.05, 4.69) is 9.97 Å². The molecule has 1 saturated heterocycles. The van der Waals surface area contributed by atoms with Gasteiger partial charge >= 0.3 is 12.2 Å². The fourth-order valence-corrected chi connectivity index (χ4v) is 5.09. The molecular formula is C19H23F3N6O4S. The maximum absolute atomic E-state index is 13.4. The largest absolute Gasteiger partial charge is 0.481 e. The molecule has 2 aromatic heterocycles. The molecule has 0 bridgehead atoms. The number of aromatic nitrogens is 2. The number of amides is 2. The fraction of sp³-hybridized carbons (Fsp3) is 0.526. The molecular weight excluding hydrogens is 465 g/mol. The molecule has 0 aliphatic carbocycles. The Hall–Kier alpha value is -2.71. The van der Waals surface area contributed by atoms with Crippen LogP contribution in [-0.4, -0.2) is 72.6 Å². The molecule has 2 aliphatic heterocycles. The van der Waals surface area contributed by atoms with Crippen LogP contribution < -0.4 is 14.8 Å². The fourth-order valence-electron chi connectivity index (χ4n) is 4.35. The molecule has 4 rings (SSSR count). The Kier molecular flexibility index (Phi) is 6.09. The van der Waals surface area contributed by atoms with Crippen LogP contribution in [0.4, 0.5) is 23.7 Å². The number of hydrogen-bond acceptors (Lipinski definition) is 6. The molecule has 14 heteroatoms. The summed E-state index contributed by atoms with van der Waals surface area (Å²) in [5, 5.41) is 5.74. The summed E-state index contributed by atoms with van der Waals surface area (Å²) in [4.78, 5) is 23.7. The molecule has 0 radical (unpaired) electrons. The molecule has 1 unspecified atom stereocenters. The molecule has 0 saturated carbocycles. The lowest BCUT2D eigenvalue weighted by atomic mass is 10.0. The first-order valence-electron chi connectivity index (χ1n) is 10.2. The van der Waals surface area contributed by atoms with Gasteiger partial charge < -0.3 is 9.64 Å². The van der Waals surface area contributed by atoms with Gasteiger partial charge in [0.05, 0.1) is 25.5 Å². The molecule has 180 valence electrons. The molecule has 0 aromatic carbocycles. The Labute approximate surface area is 188 Å². The molecule has 2 aromatic rings. The summed E-state index contributed by atoms with van der Waals surface area (Å²) in [6, 6.07) is 1.98. The Balaban J connectivity index is 1.74. The van der Waals surface area contributed by atoms with Crippen molar-refractivity contribution in [3.63, 3.8) is 0 Å². The van der Waals surface area contributed by atoms with E-state index in [1.54, 1.807) is 12.1 Å². The van der Waals surface area contributed by atoms with E-state index in [1.807, 2.05) is 0 Å². The minimum atomic E-state index is -4.63. The topological polar surface area (TPSA) is 122 Å². The Morgan fingerprint density at radius 3 is 2.67 bits per heavy atom. The number of carbonyl (C=O) groups excluding carboxylic acids is 1. The summed E-state index contributed by atoms with van der Waals surface area (Å²) in [6.07, 6.45) is -2.29. The lowest BCUT2D eigenvalue weighted by Gasteiger charge is -2.41. The van der Waals surface area contributed by atoms with Crippen molar-refractivity contribution < 1.29 is 31.1 Å². The van der Waals surface area contributed by atoms with Crippen LogP contribution in [0, 0.1) is 0 Å². The second-order valence-electron chi connectivity index (χ2n) is 7.99. The highest BCUT2D eigenvalue weighted by molar-refractivity contribution is 7.86. The first kappa shape index (κ1) is 23.4. The highest BCUT2D eigenvalue weighted by atomic mass is 32.2. The quantitative estimate of drug-likeness (QED) is 0.703. The number of alkyl halides is 3. The number of fused-ring (bicyclic) bond motifs is 3. The number of methoxy groups -OCH3 is 1. The van der Waals surface area contributed by atoms with E-state index in [0.29, 0.717) is 34.6 Å². The normalized spacial score (nSPS) is 20.6. The van der Waals surface area contributed by atoms with Crippen molar-refractivity contribution in [2.24, 2.45) is 5.14 Å². The summed E-state index contributed by atoms with van der Waals surface area (Å²) in [7, 11) is -2.45. The zero-order valence-electron chi connectivity index (χ0n) is 17.7. The van der Waals surface area contributed by atoms with Gasteiger partial charge in [-0.3, -0.25) is 4.90 Å². The predicted octanol–water partition coefficient (Wildman–Crippen LogP) is 2.00. The van der Waals surface area contributed by atoms with E-state index in [0.717, 1.165) is 4.31 Å². The van der Waals surface area contributed by atoms with Crippen LogP contribution in [0.15, 0.2) is 18.3 Å². The number of urea groups is 1. The van der Waals surface area contributed by atoms with Crippen LogP contribution in [0.5, 0.6) is 5.88 Å². The van der Waals surface area contributed by atoms with E-state index in [4.69, 9.17) is 9.88 Å². The summed E-state index contributed by atoms with van der Waals surface area (Å²) < 4.78 is 69.8. The third kappa shape index (κ3) is 4.82. The van der Waals surface area contributed by atoms with Gasteiger partial charge in [0.1, 0.15) is 6.54 Å². The van der Waals surface area contributed by atoms with E-state index in [-0.39, 0.29) is 37.4 Å². The Bertz CT molecular complexity index is 1180. The summed E-state index contributed by atoms with van der Waals surface area (Å²) in [5.74, 6) is 0.303. The van der Waals surface area contributed by atoms with Gasteiger partial charge in [-0.1, -0.05) is 0 Å². The van der Waals surface area contributed by atoms with Gasteiger partial charge in [-0.15, -0.1) is 0 Å². The maximum Gasteiger partial charge on any atom is 0.406 e. The number of halogens is 3. The van der Waals surface area contributed by atoms with Crippen LogP contribution in [0.3, 0.4) is 0 Å². The van der Waals surface area contributed by atoms with Crippen molar-refractivity contribution >= 4 is 33.0 Å². The van der Waals surface area contributed by atoms with Gasteiger partial charge in [0.15, 0.2) is 5.65 Å². The molecule has 0 spiro atoms. The van der Waals surface area contributed by atoms with E-state index in [1.165, 1.54) is 18.2 Å². The standard InChI is InChI=1S/C19H23F3N6O4S/c1-32-16-5-4-13-14-10-27(12-3-2-7-26(8-6-12)33(23,30)31)18(29)28(11-19(20,21)22)15(14)9-24-17(13)25-16/h4-5,9,12H,2-3,6-8,10-11H2,1H3,(H2,23,30,31). The first-order valence-corrected chi connectivity index (χ1v) is 11.7. The number of ether oxygens (including phenoxy) is 1. The molecule has 10 nitrogen and oxygen atoms in total. The van der Waals surface area contributed by atoms with Gasteiger partial charge in [-0.2, -0.15) is 30.9 Å². The lowest BCUT2D eigenvalue weighted by molar-refractivity contribution is -0.119. The van der Waals surface area contributed by atoms with Crippen LogP contribution in [-0.2, 0) is 16.8 Å². The highest BCUT2D eigenvalue weighted by Crippen LogP contribution is 2.37. The number of nitrogens with two attached hydrogens (primary N) is 1. The summed E-state index contributed by atoms with van der Waals surface area (Å²) in [5.41, 5.74) is 0.856. The Morgan fingerprint density at radius 1 is 1.24 bits per heavy atom. The Morgan fingerprint density at radius 2 is 2.00 bits per heavy atom. The number of nitrogens with zero attached hydrogens (tertiary/aromatic N) is 5. The van der Waals surface area contributed by atoms with Crippen molar-refractivity contribution in [3.05, 3.63) is 23.9 Å². The summed E-state index contributed by atoms with van der Waals surface area (Å²) >= 11 is 0. The molecule has 2 aliphatic rings. The average Bonchev–Trinajstić information content (AvgIpc) is 3.00. The van der Waals surface area contributed by atoms with Crippen molar-refractivity contribution in [2.75, 3.05) is 31.6 Å². The molecule has 4 heterocycles. The van der Waals surface area contributed by atoms with E-state index in [9.17, 15) is 26.4 Å². The second kappa shape index (κ2) is 8.57. The number of carbonyl (C=O) groups is 1. The highest BCUT2D eigenvalue weighted by Gasteiger charge is 2.42. The number of rotatable bonds is 4. The van der Waals surface area contributed by atoms with Gasteiger partial charge in [0, 0.05) is 36.1 Å². The van der Waals surface area contributed by atoms with Crippen LogP contribution in [0.1, 0.15) is 24.8 Å². The first-order chi connectivity index (χ1) is 15.5. The van der Waals surface area contributed by atoms with Crippen molar-refractivity contribution in [1.82, 2.24) is 19.2 Å².